The van der Waals surface area contributed by atoms with E-state index in [1.807, 2.05) is 72.8 Å². The Labute approximate surface area is 235 Å². The van der Waals surface area contributed by atoms with Crippen LogP contribution in [0.3, 0.4) is 0 Å². The monoisotopic (exact) mass is 547 g/mol. The third-order valence-corrected chi connectivity index (χ3v) is 7.20. The van der Waals surface area contributed by atoms with E-state index in [1.54, 1.807) is 42.1 Å². The Morgan fingerprint density at radius 2 is 1.40 bits per heavy atom. The zero-order valence-electron chi connectivity index (χ0n) is 21.4. The molecule has 0 saturated carbocycles. The number of nitrogens with one attached hydrogen (secondary N) is 1. The van der Waals surface area contributed by atoms with Crippen molar-refractivity contribution >= 4 is 45.9 Å². The fraction of sp³-hybridized carbons (Fsp3) is 0.0606. The fourth-order valence-electron chi connectivity index (χ4n) is 4.18. The molecule has 2 N–H and O–H groups in total. The van der Waals surface area contributed by atoms with Crippen molar-refractivity contribution in [3.63, 3.8) is 0 Å². The van der Waals surface area contributed by atoms with Gasteiger partial charge in [0.1, 0.15) is 5.75 Å². The van der Waals surface area contributed by atoms with E-state index in [0.29, 0.717) is 11.3 Å². The molecule has 0 heterocycles. The Hall–Kier alpha value is -4.88. The van der Waals surface area contributed by atoms with E-state index in [2.05, 4.69) is 11.4 Å². The Morgan fingerprint density at radius 1 is 0.725 bits per heavy atom. The van der Waals surface area contributed by atoms with Gasteiger partial charge in [-0.3, -0.25) is 9.59 Å². The van der Waals surface area contributed by atoms with Gasteiger partial charge in [0, 0.05) is 15.4 Å². The first-order chi connectivity index (χ1) is 19.4. The highest BCUT2D eigenvalue weighted by Crippen LogP contribution is 2.31. The molecule has 0 atom stereocenters. The molecule has 0 saturated heterocycles. The molecule has 0 aliphatic heterocycles. The van der Waals surface area contributed by atoms with Crippen LogP contribution >= 0.6 is 11.8 Å². The topological polar surface area (TPSA) is 92.7 Å². The Kier molecular flexibility index (Phi) is 8.23. The molecule has 5 aromatic carbocycles. The van der Waals surface area contributed by atoms with Gasteiger partial charge < -0.3 is 15.2 Å². The number of carbonyl (C=O) groups is 3. The summed E-state index contributed by atoms with van der Waals surface area (Å²) in [6.07, 6.45) is 0.135. The average molecular weight is 548 g/mol. The molecule has 0 aliphatic carbocycles. The highest BCUT2D eigenvalue weighted by atomic mass is 32.2. The zero-order valence-corrected chi connectivity index (χ0v) is 22.2. The van der Waals surface area contributed by atoms with Crippen LogP contribution in [0.1, 0.15) is 26.3 Å². The fourth-order valence-corrected chi connectivity index (χ4v) is 5.05. The molecule has 40 heavy (non-hydrogen) atoms. The predicted molar refractivity (Wildman–Crippen MR) is 157 cm³/mol. The molecule has 0 unspecified atom stereocenters. The van der Waals surface area contributed by atoms with E-state index in [0.717, 1.165) is 26.1 Å². The summed E-state index contributed by atoms with van der Waals surface area (Å²) in [6.45, 7) is -0.0171. The van der Waals surface area contributed by atoms with Gasteiger partial charge in [0.05, 0.1) is 17.7 Å². The van der Waals surface area contributed by atoms with Crippen LogP contribution in [0.5, 0.6) is 5.75 Å². The summed E-state index contributed by atoms with van der Waals surface area (Å²) in [4.78, 5) is 38.3. The third-order valence-electron chi connectivity index (χ3n) is 6.20. The second-order valence-electron chi connectivity index (χ2n) is 9.07. The summed E-state index contributed by atoms with van der Waals surface area (Å²) in [5.41, 5.74) is 1.79. The molecular formula is C33H25NO5S. The van der Waals surface area contributed by atoms with Gasteiger partial charge in [-0.25, -0.2) is 4.79 Å². The molecule has 0 aliphatic rings. The Morgan fingerprint density at radius 3 is 2.17 bits per heavy atom. The van der Waals surface area contributed by atoms with Gasteiger partial charge in [0.25, 0.3) is 0 Å². The summed E-state index contributed by atoms with van der Waals surface area (Å²) in [5.74, 6) is -0.794. The molecule has 5 rings (SSSR count). The first kappa shape index (κ1) is 26.7. The molecule has 5 aromatic rings. The molecule has 1 amide bonds. The minimum absolute atomic E-state index is 0.0171. The molecule has 7 heteroatoms. The summed E-state index contributed by atoms with van der Waals surface area (Å²) in [6, 6.07) is 35.1. The number of anilines is 1. The first-order valence-corrected chi connectivity index (χ1v) is 13.4. The maximum Gasteiger partial charge on any atom is 0.337 e. The Balaban J connectivity index is 1.18. The number of ether oxygens (including phenoxy) is 1. The maximum atomic E-state index is 12.5. The van der Waals surface area contributed by atoms with Gasteiger partial charge >= 0.3 is 5.97 Å². The number of carbonyl (C=O) groups excluding carboxylic acids is 2. The summed E-state index contributed by atoms with van der Waals surface area (Å²) in [7, 11) is 0. The van der Waals surface area contributed by atoms with E-state index in [9.17, 15) is 19.5 Å². The molecule has 0 fully saturated rings. The number of hydrogen-bond donors (Lipinski definition) is 2. The SMILES string of the molecule is O=C(Cc1ccc(Sc2ccc3cc(OCC(=O)c4ccccc4)ccc3c2)cc1)Nc1ccccc1C(=O)O. The van der Waals surface area contributed by atoms with Gasteiger partial charge in [-0.05, 0) is 64.9 Å². The number of fused-ring (bicyclic) bond motifs is 1. The number of amides is 1. The van der Waals surface area contributed by atoms with Crippen LogP contribution < -0.4 is 10.1 Å². The van der Waals surface area contributed by atoms with Gasteiger partial charge in [0.15, 0.2) is 12.4 Å². The van der Waals surface area contributed by atoms with E-state index < -0.39 is 5.97 Å². The highest BCUT2D eigenvalue weighted by Gasteiger charge is 2.12. The van der Waals surface area contributed by atoms with Gasteiger partial charge in [-0.2, -0.15) is 0 Å². The molecule has 0 bridgehead atoms. The number of carboxylic acids is 1. The van der Waals surface area contributed by atoms with Crippen LogP contribution in [-0.4, -0.2) is 29.4 Å². The number of aromatic carboxylic acids is 1. The van der Waals surface area contributed by atoms with E-state index in [-0.39, 0.29) is 36.0 Å². The molecule has 0 spiro atoms. The third kappa shape index (κ3) is 6.76. The number of rotatable bonds is 10. The van der Waals surface area contributed by atoms with Crippen LogP contribution in [0.25, 0.3) is 10.8 Å². The van der Waals surface area contributed by atoms with Crippen molar-refractivity contribution in [2.75, 3.05) is 11.9 Å². The summed E-state index contributed by atoms with van der Waals surface area (Å²) < 4.78 is 5.73. The van der Waals surface area contributed by atoms with Gasteiger partial charge in [0.2, 0.25) is 5.91 Å². The standard InChI is InChI=1S/C33H25NO5S/c35-31(23-6-2-1-3-7-23)21-39-26-14-12-25-20-28(17-13-24(25)19-26)40-27-15-10-22(11-16-27)18-32(36)34-30-9-5-4-8-29(30)33(37)38/h1-17,19-20H,18,21H2,(H,34,36)(H,37,38). The highest BCUT2D eigenvalue weighted by molar-refractivity contribution is 7.99. The predicted octanol–water partition coefficient (Wildman–Crippen LogP) is 7.13. The number of ketones is 1. The van der Waals surface area contributed by atoms with Crippen LogP contribution in [0.15, 0.2) is 125 Å². The second kappa shape index (κ2) is 12.3. The maximum absolute atomic E-state index is 12.5. The van der Waals surface area contributed by atoms with Crippen LogP contribution in [0, 0.1) is 0 Å². The average Bonchev–Trinajstić information content (AvgIpc) is 2.97. The van der Waals surface area contributed by atoms with E-state index in [4.69, 9.17) is 4.74 Å². The molecule has 0 aromatic heterocycles. The van der Waals surface area contributed by atoms with Crippen LogP contribution in [-0.2, 0) is 11.2 Å². The normalized spacial score (nSPS) is 10.7. The lowest BCUT2D eigenvalue weighted by Gasteiger charge is -2.09. The first-order valence-electron chi connectivity index (χ1n) is 12.6. The lowest BCUT2D eigenvalue weighted by atomic mass is 10.1. The number of benzene rings is 5. The number of carboxylic acid groups (broad SMARTS) is 1. The van der Waals surface area contributed by atoms with Gasteiger partial charge in [-0.15, -0.1) is 0 Å². The molecule has 0 radical (unpaired) electrons. The van der Waals surface area contributed by atoms with Crippen molar-refractivity contribution in [2.45, 2.75) is 16.2 Å². The molecule has 6 nitrogen and oxygen atoms in total. The van der Waals surface area contributed by atoms with Gasteiger partial charge in [-0.1, -0.05) is 78.5 Å². The number of para-hydroxylation sites is 1. The lowest BCUT2D eigenvalue weighted by molar-refractivity contribution is -0.115. The van der Waals surface area contributed by atoms with Crippen LogP contribution in [0.4, 0.5) is 5.69 Å². The van der Waals surface area contributed by atoms with Crippen molar-refractivity contribution in [3.05, 3.63) is 132 Å². The summed E-state index contributed by atoms with van der Waals surface area (Å²) in [5, 5.41) is 14.1. The largest absolute Gasteiger partial charge is 0.485 e. The van der Waals surface area contributed by atoms with Crippen molar-refractivity contribution in [3.8, 4) is 5.75 Å². The smallest absolute Gasteiger partial charge is 0.337 e. The van der Waals surface area contributed by atoms with Crippen LogP contribution in [0.2, 0.25) is 0 Å². The number of hydrogen-bond acceptors (Lipinski definition) is 5. The lowest BCUT2D eigenvalue weighted by Crippen LogP contribution is -2.16. The van der Waals surface area contributed by atoms with Crippen molar-refractivity contribution in [1.82, 2.24) is 0 Å². The minimum Gasteiger partial charge on any atom is -0.485 e. The number of Topliss-reactive ketones (excluding diaryl/α,β-unsaturated/α-hetero) is 1. The zero-order chi connectivity index (χ0) is 27.9. The van der Waals surface area contributed by atoms with E-state index in [1.165, 1.54) is 6.07 Å². The second-order valence-corrected chi connectivity index (χ2v) is 10.2. The molecule has 198 valence electrons. The van der Waals surface area contributed by atoms with Crippen molar-refractivity contribution in [2.24, 2.45) is 0 Å². The minimum atomic E-state index is -1.09. The van der Waals surface area contributed by atoms with E-state index >= 15 is 0 Å². The Bertz CT molecular complexity index is 1680. The molecular weight excluding hydrogens is 522 g/mol. The van der Waals surface area contributed by atoms with Crippen molar-refractivity contribution in [1.29, 1.82) is 0 Å². The summed E-state index contributed by atoms with van der Waals surface area (Å²) >= 11 is 1.61. The quantitative estimate of drug-likeness (QED) is 0.181. The van der Waals surface area contributed by atoms with Crippen molar-refractivity contribution < 1.29 is 24.2 Å².